The molecule has 0 bridgehead atoms. The van der Waals surface area contributed by atoms with Crippen LogP contribution >= 0.6 is 0 Å². The van der Waals surface area contributed by atoms with E-state index in [0.717, 1.165) is 32.1 Å². The molecule has 0 radical (unpaired) electrons. The molecule has 2 atom stereocenters. The molecule has 0 spiro atoms. The van der Waals surface area contributed by atoms with Gasteiger partial charge in [-0.05, 0) is 25.7 Å². The fourth-order valence-electron chi connectivity index (χ4n) is 3.12. The van der Waals surface area contributed by atoms with Gasteiger partial charge in [-0.15, -0.1) is 0 Å². The zero-order valence-corrected chi connectivity index (χ0v) is 12.1. The summed E-state index contributed by atoms with van der Waals surface area (Å²) in [6.07, 6.45) is 5.79. The van der Waals surface area contributed by atoms with Crippen molar-refractivity contribution in [1.82, 2.24) is 5.32 Å². The highest BCUT2D eigenvalue weighted by atomic mass is 16.3. The van der Waals surface area contributed by atoms with E-state index in [2.05, 4.69) is 11.4 Å². The number of carbonyl (C=O) groups excluding carboxylic acids is 1. The fourth-order valence-corrected chi connectivity index (χ4v) is 3.12. The summed E-state index contributed by atoms with van der Waals surface area (Å²) in [5.74, 6) is 0.0210. The molecular weight excluding hydrogens is 240 g/mol. The molecule has 0 saturated heterocycles. The Hall–Kier alpha value is -1.08. The van der Waals surface area contributed by atoms with Crippen molar-refractivity contribution >= 4 is 5.91 Å². The normalized spacial score (nSPS) is 23.1. The van der Waals surface area contributed by atoms with Gasteiger partial charge in [0.05, 0.1) is 6.07 Å². The van der Waals surface area contributed by atoms with Crippen molar-refractivity contribution < 1.29 is 9.90 Å². The third-order valence-corrected chi connectivity index (χ3v) is 4.21. The summed E-state index contributed by atoms with van der Waals surface area (Å²) in [6.45, 7) is 4.12. The first kappa shape index (κ1) is 16.0. The number of rotatable bonds is 7. The molecule has 2 unspecified atom stereocenters. The van der Waals surface area contributed by atoms with E-state index in [4.69, 9.17) is 0 Å². The van der Waals surface area contributed by atoms with E-state index in [-0.39, 0.29) is 24.5 Å². The minimum atomic E-state index is -0.883. The number of nitrogens with zero attached hydrogens (tertiary/aromatic N) is 1. The number of nitriles is 1. The molecule has 1 aliphatic carbocycles. The lowest BCUT2D eigenvalue weighted by molar-refractivity contribution is -0.130. The van der Waals surface area contributed by atoms with E-state index in [1.54, 1.807) is 0 Å². The van der Waals surface area contributed by atoms with Crippen LogP contribution in [-0.4, -0.2) is 23.7 Å². The van der Waals surface area contributed by atoms with Crippen LogP contribution in [0.15, 0.2) is 0 Å². The van der Waals surface area contributed by atoms with E-state index in [1.807, 2.05) is 13.8 Å². The van der Waals surface area contributed by atoms with Gasteiger partial charge < -0.3 is 10.4 Å². The second kappa shape index (κ2) is 7.49. The minimum Gasteiger partial charge on any atom is -0.396 e. The van der Waals surface area contributed by atoms with E-state index < -0.39 is 5.41 Å². The van der Waals surface area contributed by atoms with Crippen LogP contribution in [0, 0.1) is 22.7 Å². The average Bonchev–Trinajstić information content (AvgIpc) is 2.85. The Kier molecular flexibility index (Phi) is 6.30. The lowest BCUT2D eigenvalue weighted by Gasteiger charge is -2.28. The van der Waals surface area contributed by atoms with Gasteiger partial charge in [0.25, 0.3) is 0 Å². The van der Waals surface area contributed by atoms with Crippen molar-refractivity contribution in [2.24, 2.45) is 11.3 Å². The summed E-state index contributed by atoms with van der Waals surface area (Å²) in [5.41, 5.74) is -0.883. The molecule has 4 heteroatoms. The Labute approximate surface area is 116 Å². The molecule has 0 aromatic carbocycles. The SMILES string of the molecule is CCCC(C#N)(CCC)C(=O)NC1CCCC1CO. The highest BCUT2D eigenvalue weighted by Crippen LogP contribution is 2.32. The van der Waals surface area contributed by atoms with Gasteiger partial charge in [0, 0.05) is 18.6 Å². The van der Waals surface area contributed by atoms with Gasteiger partial charge >= 0.3 is 0 Å². The molecule has 0 aromatic heterocycles. The third-order valence-electron chi connectivity index (χ3n) is 4.21. The molecule has 19 heavy (non-hydrogen) atoms. The Bertz CT molecular complexity index is 330. The third kappa shape index (κ3) is 3.70. The number of aliphatic hydroxyl groups is 1. The molecule has 0 heterocycles. The maximum atomic E-state index is 12.5. The van der Waals surface area contributed by atoms with Crippen molar-refractivity contribution in [2.75, 3.05) is 6.61 Å². The molecule has 1 saturated carbocycles. The van der Waals surface area contributed by atoms with Crippen molar-refractivity contribution in [3.8, 4) is 6.07 Å². The summed E-state index contributed by atoms with van der Waals surface area (Å²) < 4.78 is 0. The molecular formula is C15H26N2O2. The van der Waals surface area contributed by atoms with Crippen molar-refractivity contribution in [3.63, 3.8) is 0 Å². The van der Waals surface area contributed by atoms with Gasteiger partial charge in [0.1, 0.15) is 5.41 Å². The quantitative estimate of drug-likeness (QED) is 0.743. The highest BCUT2D eigenvalue weighted by Gasteiger charge is 2.39. The number of hydrogen-bond donors (Lipinski definition) is 2. The highest BCUT2D eigenvalue weighted by molar-refractivity contribution is 5.85. The van der Waals surface area contributed by atoms with Crippen LogP contribution in [-0.2, 0) is 4.79 Å². The molecule has 1 fully saturated rings. The van der Waals surface area contributed by atoms with Crippen LogP contribution < -0.4 is 5.32 Å². The number of aliphatic hydroxyl groups excluding tert-OH is 1. The first-order chi connectivity index (χ1) is 9.13. The van der Waals surface area contributed by atoms with Crippen LogP contribution in [0.25, 0.3) is 0 Å². The lowest BCUT2D eigenvalue weighted by Crippen LogP contribution is -2.46. The summed E-state index contributed by atoms with van der Waals surface area (Å²) in [6, 6.07) is 2.29. The Morgan fingerprint density at radius 1 is 1.37 bits per heavy atom. The van der Waals surface area contributed by atoms with E-state index >= 15 is 0 Å². The predicted octanol–water partition coefficient (Wildman–Crippen LogP) is 2.37. The van der Waals surface area contributed by atoms with Crippen LogP contribution in [0.4, 0.5) is 0 Å². The Balaban J connectivity index is 2.74. The topological polar surface area (TPSA) is 73.1 Å². The van der Waals surface area contributed by atoms with Crippen LogP contribution in [0.1, 0.15) is 58.8 Å². The standard InChI is InChI=1S/C15H26N2O2/c1-3-8-15(11-16,9-4-2)14(19)17-13-7-5-6-12(13)10-18/h12-13,18H,3-10H2,1-2H3,(H,17,19). The second-order valence-corrected chi connectivity index (χ2v) is 5.65. The van der Waals surface area contributed by atoms with Crippen molar-refractivity contribution in [1.29, 1.82) is 5.26 Å². The van der Waals surface area contributed by atoms with Crippen molar-refractivity contribution in [3.05, 3.63) is 0 Å². The lowest BCUT2D eigenvalue weighted by atomic mass is 9.79. The smallest absolute Gasteiger partial charge is 0.240 e. The maximum Gasteiger partial charge on any atom is 0.240 e. The van der Waals surface area contributed by atoms with Gasteiger partial charge in [-0.25, -0.2) is 0 Å². The summed E-state index contributed by atoms with van der Waals surface area (Å²) in [7, 11) is 0. The molecule has 1 rings (SSSR count). The minimum absolute atomic E-state index is 0.0407. The first-order valence-corrected chi connectivity index (χ1v) is 7.46. The zero-order valence-electron chi connectivity index (χ0n) is 12.1. The van der Waals surface area contributed by atoms with Gasteiger partial charge in [0.15, 0.2) is 0 Å². The number of nitrogens with one attached hydrogen (secondary N) is 1. The molecule has 108 valence electrons. The molecule has 0 aromatic rings. The monoisotopic (exact) mass is 266 g/mol. The van der Waals surface area contributed by atoms with E-state index in [1.165, 1.54) is 0 Å². The van der Waals surface area contributed by atoms with E-state index in [9.17, 15) is 15.2 Å². The van der Waals surface area contributed by atoms with Crippen LogP contribution in [0.5, 0.6) is 0 Å². The van der Waals surface area contributed by atoms with Gasteiger partial charge in [0.2, 0.25) is 5.91 Å². The number of carbonyl (C=O) groups is 1. The van der Waals surface area contributed by atoms with Crippen LogP contribution in [0.2, 0.25) is 0 Å². The van der Waals surface area contributed by atoms with Gasteiger partial charge in [-0.1, -0.05) is 33.1 Å². The summed E-state index contributed by atoms with van der Waals surface area (Å²) in [5, 5.41) is 21.8. The maximum absolute atomic E-state index is 12.5. The van der Waals surface area contributed by atoms with Crippen LogP contribution in [0.3, 0.4) is 0 Å². The number of amides is 1. The molecule has 1 amide bonds. The predicted molar refractivity (Wildman–Crippen MR) is 74.2 cm³/mol. The molecule has 4 nitrogen and oxygen atoms in total. The second-order valence-electron chi connectivity index (χ2n) is 5.65. The largest absolute Gasteiger partial charge is 0.396 e. The average molecular weight is 266 g/mol. The molecule has 0 aliphatic heterocycles. The molecule has 1 aliphatic rings. The Morgan fingerprint density at radius 3 is 2.47 bits per heavy atom. The fraction of sp³-hybridized carbons (Fsp3) is 0.867. The molecule has 2 N–H and O–H groups in total. The Morgan fingerprint density at radius 2 is 2.00 bits per heavy atom. The summed E-state index contributed by atoms with van der Waals surface area (Å²) in [4.78, 5) is 12.5. The summed E-state index contributed by atoms with van der Waals surface area (Å²) >= 11 is 0. The van der Waals surface area contributed by atoms with Gasteiger partial charge in [-0.3, -0.25) is 4.79 Å². The van der Waals surface area contributed by atoms with Crippen molar-refractivity contribution in [2.45, 2.75) is 64.8 Å². The number of hydrogen-bond acceptors (Lipinski definition) is 3. The zero-order chi connectivity index (χ0) is 14.3. The van der Waals surface area contributed by atoms with E-state index in [0.29, 0.717) is 12.8 Å². The first-order valence-electron chi connectivity index (χ1n) is 7.46. The van der Waals surface area contributed by atoms with Gasteiger partial charge in [-0.2, -0.15) is 5.26 Å².